The minimum absolute atomic E-state index is 0.0128. The number of alkyl halides is 1. The molecule has 6 unspecified atom stereocenters. The summed E-state index contributed by atoms with van der Waals surface area (Å²) in [6, 6.07) is 0. The fourth-order valence-electron chi connectivity index (χ4n) is 3.06. The number of aromatic amines is 1. The van der Waals surface area contributed by atoms with E-state index < -0.39 is 43.7 Å². The molecule has 0 amide bonds. The predicted molar refractivity (Wildman–Crippen MR) is 86.8 cm³/mol. The summed E-state index contributed by atoms with van der Waals surface area (Å²) in [7, 11) is -3.75. The zero-order chi connectivity index (χ0) is 18.5. The van der Waals surface area contributed by atoms with Gasteiger partial charge in [0.1, 0.15) is 0 Å². The van der Waals surface area contributed by atoms with Crippen LogP contribution in [0.1, 0.15) is 20.1 Å². The van der Waals surface area contributed by atoms with Crippen LogP contribution in [0.4, 0.5) is 10.3 Å². The van der Waals surface area contributed by atoms with Crippen LogP contribution in [0.5, 0.6) is 0 Å². The number of aromatic nitrogens is 4. The molecule has 1 fully saturated rings. The summed E-state index contributed by atoms with van der Waals surface area (Å²) < 4.78 is 38.3. The van der Waals surface area contributed by atoms with Crippen LogP contribution in [0, 0.1) is 5.92 Å². The van der Waals surface area contributed by atoms with Crippen LogP contribution in [0.3, 0.4) is 0 Å². The van der Waals surface area contributed by atoms with E-state index in [-0.39, 0.29) is 17.1 Å². The number of H-pyrrole nitrogens is 1. The molecule has 1 saturated heterocycles. The van der Waals surface area contributed by atoms with Gasteiger partial charge in [0.25, 0.3) is 5.56 Å². The van der Waals surface area contributed by atoms with Crippen molar-refractivity contribution in [1.29, 1.82) is 0 Å². The van der Waals surface area contributed by atoms with Crippen LogP contribution in [-0.2, 0) is 13.8 Å². The second-order valence-electron chi connectivity index (χ2n) is 6.18. The second kappa shape index (κ2) is 6.17. The van der Waals surface area contributed by atoms with E-state index in [1.807, 2.05) is 0 Å². The van der Waals surface area contributed by atoms with Gasteiger partial charge in [-0.1, -0.05) is 6.92 Å². The first-order valence-electron chi connectivity index (χ1n) is 7.59. The first-order valence-corrected chi connectivity index (χ1v) is 9.61. The lowest BCUT2D eigenvalue weighted by Gasteiger charge is -2.23. The van der Waals surface area contributed by atoms with Crippen LogP contribution >= 0.6 is 7.60 Å². The number of nitrogens with zero attached hydrogens (tertiary/aromatic N) is 3. The van der Waals surface area contributed by atoms with Crippen molar-refractivity contribution in [2.24, 2.45) is 5.92 Å². The van der Waals surface area contributed by atoms with Gasteiger partial charge in [0.05, 0.1) is 18.5 Å². The Morgan fingerprint density at radius 2 is 2.28 bits per heavy atom. The third-order valence-corrected chi connectivity index (χ3v) is 4.86. The van der Waals surface area contributed by atoms with Crippen molar-refractivity contribution < 1.29 is 23.1 Å². The monoisotopic (exact) mass is 375 g/mol. The summed E-state index contributed by atoms with van der Waals surface area (Å²) >= 11 is 0. The number of hydrogen-bond acceptors (Lipinski definition) is 7. The Hall–Kier alpha value is -1.81. The Morgan fingerprint density at radius 3 is 2.92 bits per heavy atom. The number of halogens is 1. The van der Waals surface area contributed by atoms with E-state index in [1.165, 1.54) is 17.8 Å². The normalized spacial score (nSPS) is 30.4. The molecule has 138 valence electrons. The van der Waals surface area contributed by atoms with Crippen molar-refractivity contribution in [2.75, 3.05) is 12.4 Å². The average Bonchev–Trinajstić information content (AvgIpc) is 3.00. The Morgan fingerprint density at radius 1 is 1.60 bits per heavy atom. The van der Waals surface area contributed by atoms with Gasteiger partial charge in [-0.3, -0.25) is 18.9 Å². The Bertz CT molecular complexity index is 895. The quantitative estimate of drug-likeness (QED) is 0.665. The van der Waals surface area contributed by atoms with Crippen molar-refractivity contribution in [2.45, 2.75) is 38.5 Å². The molecule has 0 aromatic carbocycles. The lowest BCUT2D eigenvalue weighted by Crippen LogP contribution is -2.30. The number of ether oxygens (including phenoxy) is 1. The summed E-state index contributed by atoms with van der Waals surface area (Å²) in [5.41, 5.74) is 5.11. The number of anilines is 1. The molecule has 0 radical (unpaired) electrons. The molecule has 3 heterocycles. The number of hydrogen-bond donors (Lipinski definition) is 3. The average molecular weight is 375 g/mol. The highest BCUT2D eigenvalue weighted by molar-refractivity contribution is 7.51. The van der Waals surface area contributed by atoms with E-state index in [2.05, 4.69) is 15.0 Å². The third kappa shape index (κ3) is 3.32. The van der Waals surface area contributed by atoms with Gasteiger partial charge >= 0.3 is 7.60 Å². The Kier molecular flexibility index (Phi) is 4.44. The molecular weight excluding hydrogens is 356 g/mol. The van der Waals surface area contributed by atoms with Gasteiger partial charge in [0.2, 0.25) is 5.95 Å². The van der Waals surface area contributed by atoms with Crippen LogP contribution in [0.2, 0.25) is 0 Å². The van der Waals surface area contributed by atoms with Crippen LogP contribution < -0.4 is 11.3 Å². The summed E-state index contributed by atoms with van der Waals surface area (Å²) in [6.45, 7) is 4.20. The van der Waals surface area contributed by atoms with E-state index in [0.29, 0.717) is 0 Å². The van der Waals surface area contributed by atoms with Crippen LogP contribution in [0.15, 0.2) is 11.1 Å². The van der Waals surface area contributed by atoms with Crippen molar-refractivity contribution in [3.63, 3.8) is 0 Å². The minimum atomic E-state index is -3.75. The molecule has 1 aliphatic rings. The molecular formula is C13H19FN5O5P. The molecule has 3 rings (SSSR count). The maximum absolute atomic E-state index is 14.8. The smallest absolute Gasteiger partial charge is 0.325 e. The molecule has 0 spiro atoms. The number of nitrogens with two attached hydrogens (primary N) is 1. The topological polar surface area (TPSA) is 145 Å². The second-order valence-corrected chi connectivity index (χ2v) is 8.00. The number of rotatable bonds is 4. The highest BCUT2D eigenvalue weighted by atomic mass is 31.2. The fraction of sp³-hybridized carbons (Fsp3) is 0.615. The largest absolute Gasteiger partial charge is 0.369 e. The van der Waals surface area contributed by atoms with Crippen LogP contribution in [0.25, 0.3) is 11.2 Å². The zero-order valence-electron chi connectivity index (χ0n) is 13.8. The number of nitrogen functional groups attached to an aromatic ring is 1. The molecule has 10 nitrogen and oxygen atoms in total. The molecule has 4 N–H and O–H groups in total. The van der Waals surface area contributed by atoms with Crippen LogP contribution in [-0.4, -0.2) is 49.5 Å². The van der Waals surface area contributed by atoms with Gasteiger partial charge in [-0.05, 0) is 6.92 Å². The molecule has 0 saturated carbocycles. The van der Waals surface area contributed by atoms with Gasteiger partial charge in [-0.15, -0.1) is 0 Å². The van der Waals surface area contributed by atoms with Gasteiger partial charge in [0, 0.05) is 12.6 Å². The predicted octanol–water partition coefficient (Wildman–Crippen LogP) is 0.794. The SMILES string of the molecule is CC(OP(C)(=O)O)C1OC(n2cnc3c(=O)[nH]c(N)nc32)C(F)C1C. The van der Waals surface area contributed by atoms with E-state index in [0.717, 1.165) is 6.66 Å². The maximum Gasteiger partial charge on any atom is 0.325 e. The highest BCUT2D eigenvalue weighted by Gasteiger charge is 2.47. The Labute approximate surface area is 141 Å². The molecule has 25 heavy (non-hydrogen) atoms. The van der Waals surface area contributed by atoms with Gasteiger partial charge < -0.3 is 19.9 Å². The third-order valence-electron chi connectivity index (χ3n) is 4.14. The van der Waals surface area contributed by atoms with E-state index in [4.69, 9.17) is 15.0 Å². The van der Waals surface area contributed by atoms with Crippen molar-refractivity contribution >= 4 is 24.7 Å². The van der Waals surface area contributed by atoms with E-state index >= 15 is 0 Å². The summed E-state index contributed by atoms with van der Waals surface area (Å²) in [5.74, 6) is -0.746. The lowest BCUT2D eigenvalue weighted by molar-refractivity contribution is -0.0598. The van der Waals surface area contributed by atoms with Crippen molar-refractivity contribution in [3.05, 3.63) is 16.7 Å². The molecule has 0 bridgehead atoms. The molecule has 6 atom stereocenters. The Balaban J connectivity index is 1.94. The number of fused-ring (bicyclic) bond motifs is 1. The van der Waals surface area contributed by atoms with E-state index in [9.17, 15) is 18.6 Å². The maximum atomic E-state index is 14.8. The number of nitrogens with one attached hydrogen (secondary N) is 1. The summed E-state index contributed by atoms with van der Waals surface area (Å²) in [4.78, 5) is 31.4. The molecule has 2 aromatic rings. The van der Waals surface area contributed by atoms with E-state index in [1.54, 1.807) is 6.92 Å². The van der Waals surface area contributed by atoms with Crippen molar-refractivity contribution in [1.82, 2.24) is 19.5 Å². The standard InChI is InChI=1S/C13H19FN5O5P/c1-5-7(14)12(23-9(5)6(2)24-25(3,21)22)19-4-16-8-10(19)17-13(15)18-11(8)20/h4-7,9,12H,1-3H3,(H,21,22)(H3,15,17,18,20). The van der Waals surface area contributed by atoms with Crippen molar-refractivity contribution in [3.8, 4) is 0 Å². The summed E-state index contributed by atoms with van der Waals surface area (Å²) in [6.07, 6.45) is -2.90. The zero-order valence-corrected chi connectivity index (χ0v) is 14.7. The molecule has 12 heteroatoms. The number of imidazole rings is 1. The molecule has 2 aromatic heterocycles. The van der Waals surface area contributed by atoms with Gasteiger partial charge in [-0.25, -0.2) is 9.37 Å². The fourth-order valence-corrected chi connectivity index (χ4v) is 3.79. The highest BCUT2D eigenvalue weighted by Crippen LogP contribution is 2.44. The molecule has 0 aliphatic carbocycles. The summed E-state index contributed by atoms with van der Waals surface area (Å²) in [5, 5.41) is 0. The first-order chi connectivity index (χ1) is 11.6. The lowest BCUT2D eigenvalue weighted by atomic mass is 9.98. The molecule has 1 aliphatic heterocycles. The van der Waals surface area contributed by atoms with Gasteiger partial charge in [0.15, 0.2) is 23.6 Å². The minimum Gasteiger partial charge on any atom is -0.369 e. The van der Waals surface area contributed by atoms with Gasteiger partial charge in [-0.2, -0.15) is 4.98 Å². The first kappa shape index (κ1) is 18.0.